The smallest absolute Gasteiger partial charge is 0.279 e. The maximum atomic E-state index is 11.8. The molecule has 0 radical (unpaired) electrons. The summed E-state index contributed by atoms with van der Waals surface area (Å²) in [7, 11) is -1.85. The number of nitrogens with zero attached hydrogens (tertiary/aromatic N) is 2. The van der Waals surface area contributed by atoms with Gasteiger partial charge in [-0.15, -0.1) is 0 Å². The van der Waals surface area contributed by atoms with Gasteiger partial charge in [0.25, 0.3) is 10.2 Å². The average Bonchev–Trinajstić information content (AvgIpc) is 2.85. The maximum absolute atomic E-state index is 11.8. The second kappa shape index (κ2) is 7.47. The van der Waals surface area contributed by atoms with Crippen molar-refractivity contribution in [1.82, 2.24) is 24.3 Å². The van der Waals surface area contributed by atoms with Gasteiger partial charge in [-0.05, 0) is 19.5 Å². The van der Waals surface area contributed by atoms with Gasteiger partial charge < -0.3 is 10.3 Å². The van der Waals surface area contributed by atoms with Crippen molar-refractivity contribution in [2.75, 3.05) is 26.7 Å². The van der Waals surface area contributed by atoms with Gasteiger partial charge in [-0.2, -0.15) is 17.4 Å². The lowest BCUT2D eigenvalue weighted by molar-refractivity contribution is 0.445. The number of nitrogens with one attached hydrogen (secondary N) is 3. The van der Waals surface area contributed by atoms with Gasteiger partial charge in [0.2, 0.25) is 0 Å². The molecular formula is C10H21N5O2S. The van der Waals surface area contributed by atoms with Crippen LogP contribution in [0.15, 0.2) is 12.5 Å². The summed E-state index contributed by atoms with van der Waals surface area (Å²) in [6.45, 7) is 4.45. The Labute approximate surface area is 108 Å². The highest BCUT2D eigenvalue weighted by Gasteiger charge is 2.16. The lowest BCUT2D eigenvalue weighted by atomic mass is 10.4. The normalized spacial score (nSPS) is 12.2. The van der Waals surface area contributed by atoms with Crippen LogP contribution in [0, 0.1) is 0 Å². The number of H-pyrrole nitrogens is 1. The molecule has 1 rings (SSSR count). The van der Waals surface area contributed by atoms with Crippen LogP contribution in [-0.2, 0) is 16.8 Å². The van der Waals surface area contributed by atoms with Gasteiger partial charge in [-0.25, -0.2) is 4.98 Å². The third-order valence-corrected chi connectivity index (χ3v) is 4.00. The van der Waals surface area contributed by atoms with Crippen molar-refractivity contribution in [3.8, 4) is 0 Å². The topological polar surface area (TPSA) is 90.1 Å². The van der Waals surface area contributed by atoms with E-state index < -0.39 is 10.2 Å². The molecule has 8 heteroatoms. The first-order valence-electron chi connectivity index (χ1n) is 5.95. The number of imidazole rings is 1. The van der Waals surface area contributed by atoms with E-state index in [-0.39, 0.29) is 6.54 Å². The summed E-state index contributed by atoms with van der Waals surface area (Å²) in [5, 5.41) is 3.15. The second-order valence-electron chi connectivity index (χ2n) is 3.93. The molecule has 0 aliphatic heterocycles. The molecule has 3 N–H and O–H groups in total. The number of rotatable bonds is 9. The largest absolute Gasteiger partial charge is 0.347 e. The van der Waals surface area contributed by atoms with Crippen molar-refractivity contribution in [3.63, 3.8) is 0 Å². The van der Waals surface area contributed by atoms with Crippen molar-refractivity contribution >= 4 is 10.2 Å². The molecule has 0 unspecified atom stereocenters. The van der Waals surface area contributed by atoms with Gasteiger partial charge in [0, 0.05) is 25.5 Å². The molecule has 18 heavy (non-hydrogen) atoms. The van der Waals surface area contributed by atoms with E-state index in [4.69, 9.17) is 0 Å². The van der Waals surface area contributed by atoms with Crippen LogP contribution in [-0.4, -0.2) is 49.4 Å². The SMILES string of the molecule is CCNCCCN(C)S(=O)(=O)NCc1cnc[nH]1. The maximum Gasteiger partial charge on any atom is 0.279 e. The van der Waals surface area contributed by atoms with E-state index in [0.29, 0.717) is 6.54 Å². The predicted molar refractivity (Wildman–Crippen MR) is 70.1 cm³/mol. The fourth-order valence-electron chi connectivity index (χ4n) is 1.38. The summed E-state index contributed by atoms with van der Waals surface area (Å²) < 4.78 is 27.5. The Balaban J connectivity index is 2.33. The van der Waals surface area contributed by atoms with Gasteiger partial charge in [-0.3, -0.25) is 0 Å². The monoisotopic (exact) mass is 275 g/mol. The highest BCUT2D eigenvalue weighted by molar-refractivity contribution is 7.87. The van der Waals surface area contributed by atoms with Crippen LogP contribution in [0.5, 0.6) is 0 Å². The Hall–Kier alpha value is -0.960. The molecule has 104 valence electrons. The van der Waals surface area contributed by atoms with Crippen molar-refractivity contribution in [2.45, 2.75) is 19.9 Å². The van der Waals surface area contributed by atoms with Crippen LogP contribution in [0.4, 0.5) is 0 Å². The Kier molecular flexibility index (Phi) is 6.27. The summed E-state index contributed by atoms with van der Waals surface area (Å²) in [5.41, 5.74) is 0.736. The quantitative estimate of drug-likeness (QED) is 0.539. The Morgan fingerprint density at radius 2 is 2.28 bits per heavy atom. The fourth-order valence-corrected chi connectivity index (χ4v) is 2.31. The molecular weight excluding hydrogens is 254 g/mol. The van der Waals surface area contributed by atoms with E-state index >= 15 is 0 Å². The van der Waals surface area contributed by atoms with Gasteiger partial charge in [-0.1, -0.05) is 6.92 Å². The molecule has 0 aliphatic carbocycles. The molecule has 7 nitrogen and oxygen atoms in total. The molecule has 0 saturated carbocycles. The van der Waals surface area contributed by atoms with E-state index in [1.807, 2.05) is 6.92 Å². The number of aromatic nitrogens is 2. The molecule has 0 bridgehead atoms. The second-order valence-corrected chi connectivity index (χ2v) is 5.79. The number of hydrogen-bond donors (Lipinski definition) is 3. The zero-order chi connectivity index (χ0) is 13.4. The summed E-state index contributed by atoms with van der Waals surface area (Å²) >= 11 is 0. The third kappa shape index (κ3) is 5.13. The molecule has 0 aliphatic rings. The van der Waals surface area contributed by atoms with Crippen LogP contribution >= 0.6 is 0 Å². The molecule has 1 heterocycles. The van der Waals surface area contributed by atoms with Crippen LogP contribution in [0.3, 0.4) is 0 Å². The van der Waals surface area contributed by atoms with E-state index in [1.54, 1.807) is 13.2 Å². The highest BCUT2D eigenvalue weighted by Crippen LogP contribution is 1.98. The van der Waals surface area contributed by atoms with Crippen LogP contribution in [0.1, 0.15) is 19.0 Å². The predicted octanol–water partition coefficient (Wildman–Crippen LogP) is -0.324. The summed E-state index contributed by atoms with van der Waals surface area (Å²) in [4.78, 5) is 6.67. The van der Waals surface area contributed by atoms with Crippen molar-refractivity contribution in [2.24, 2.45) is 0 Å². The Bertz CT molecular complexity index is 417. The summed E-state index contributed by atoms with van der Waals surface area (Å²) in [6.07, 6.45) is 3.90. The van der Waals surface area contributed by atoms with Crippen molar-refractivity contribution in [3.05, 3.63) is 18.2 Å². The van der Waals surface area contributed by atoms with E-state index in [1.165, 1.54) is 10.6 Å². The minimum atomic E-state index is -3.42. The zero-order valence-corrected chi connectivity index (χ0v) is 11.6. The minimum Gasteiger partial charge on any atom is -0.347 e. The molecule has 0 aromatic carbocycles. The molecule has 0 saturated heterocycles. The van der Waals surface area contributed by atoms with Crippen molar-refractivity contribution < 1.29 is 8.42 Å². The molecule has 1 aromatic heterocycles. The minimum absolute atomic E-state index is 0.222. The van der Waals surface area contributed by atoms with Gasteiger partial charge in [0.15, 0.2) is 0 Å². The molecule has 0 fully saturated rings. The first kappa shape index (κ1) is 15.1. The van der Waals surface area contributed by atoms with E-state index in [0.717, 1.165) is 25.2 Å². The summed E-state index contributed by atoms with van der Waals surface area (Å²) in [5.74, 6) is 0. The first-order chi connectivity index (χ1) is 8.56. The van der Waals surface area contributed by atoms with Crippen LogP contribution in [0.2, 0.25) is 0 Å². The van der Waals surface area contributed by atoms with Crippen LogP contribution in [0.25, 0.3) is 0 Å². The van der Waals surface area contributed by atoms with E-state index in [9.17, 15) is 8.42 Å². The molecule has 0 spiro atoms. The first-order valence-corrected chi connectivity index (χ1v) is 7.39. The lowest BCUT2D eigenvalue weighted by Crippen LogP contribution is -2.39. The lowest BCUT2D eigenvalue weighted by Gasteiger charge is -2.17. The van der Waals surface area contributed by atoms with Gasteiger partial charge in [0.1, 0.15) is 0 Å². The molecule has 1 aromatic rings. The molecule has 0 atom stereocenters. The summed E-state index contributed by atoms with van der Waals surface area (Å²) in [6, 6.07) is 0. The molecule has 0 amide bonds. The van der Waals surface area contributed by atoms with E-state index in [2.05, 4.69) is 20.0 Å². The number of hydrogen-bond acceptors (Lipinski definition) is 4. The van der Waals surface area contributed by atoms with Crippen molar-refractivity contribution in [1.29, 1.82) is 0 Å². The third-order valence-electron chi connectivity index (χ3n) is 2.49. The Morgan fingerprint density at radius 1 is 1.50 bits per heavy atom. The van der Waals surface area contributed by atoms with Gasteiger partial charge >= 0.3 is 0 Å². The highest BCUT2D eigenvalue weighted by atomic mass is 32.2. The van der Waals surface area contributed by atoms with Crippen LogP contribution < -0.4 is 10.0 Å². The fraction of sp³-hybridized carbons (Fsp3) is 0.700. The Morgan fingerprint density at radius 3 is 2.89 bits per heavy atom. The number of aromatic amines is 1. The van der Waals surface area contributed by atoms with Gasteiger partial charge in [0.05, 0.1) is 12.9 Å². The zero-order valence-electron chi connectivity index (χ0n) is 10.8. The average molecular weight is 275 g/mol. The standard InChI is InChI=1S/C10H21N5O2S/c1-3-11-5-4-6-15(2)18(16,17)14-8-10-7-12-9-13-10/h7,9,11,14H,3-6,8H2,1-2H3,(H,12,13).